The first kappa shape index (κ1) is 82.3. The van der Waals surface area contributed by atoms with E-state index in [1.807, 2.05) is 0 Å². The second-order valence-electron chi connectivity index (χ2n) is 19.6. The minimum Gasteiger partial charge on any atom is -0.465 e. The van der Waals surface area contributed by atoms with Gasteiger partial charge in [0.05, 0.1) is 0 Å². The van der Waals surface area contributed by atoms with Gasteiger partial charge in [0.15, 0.2) is 0 Å². The minimum absolute atomic E-state index is 0. The van der Waals surface area contributed by atoms with E-state index in [0.29, 0.717) is 56.3 Å². The van der Waals surface area contributed by atoms with E-state index in [-0.39, 0.29) is 41.8 Å². The Morgan fingerprint density at radius 2 is 0.486 bits per heavy atom. The molecule has 0 heterocycles. The second kappa shape index (κ2) is 81.3. The first-order valence-corrected chi connectivity index (χ1v) is 32.5. The zero-order valence-corrected chi connectivity index (χ0v) is 54.5. The fourth-order valence-electron chi connectivity index (χ4n) is 7.70. The predicted octanol–water partition coefficient (Wildman–Crippen LogP) is 21.5. The molecular weight excluding hydrogens is 1080 g/mol. The van der Waals surface area contributed by atoms with Gasteiger partial charge in [-0.2, -0.15) is 0 Å². The van der Waals surface area contributed by atoms with E-state index in [9.17, 15) is 14.4 Å². The summed E-state index contributed by atoms with van der Waals surface area (Å²) in [7, 11) is 0. The van der Waals surface area contributed by atoms with Gasteiger partial charge < -0.3 is 14.2 Å². The van der Waals surface area contributed by atoms with Crippen LogP contribution in [0.2, 0.25) is 0 Å². The molecule has 0 fully saturated rings. The third-order valence-electron chi connectivity index (χ3n) is 12.3. The monoisotopic (exact) mass is 1200 g/mol. The van der Waals surface area contributed by atoms with Gasteiger partial charge in [0.25, 0.3) is 0 Å². The third kappa shape index (κ3) is 88.1. The maximum absolute atomic E-state index is 11.3. The van der Waals surface area contributed by atoms with Crippen LogP contribution in [0, 0.1) is 6.92 Å². The van der Waals surface area contributed by atoms with Gasteiger partial charge in [-0.05, 0) is 96.3 Å². The number of rotatable bonds is 52. The largest absolute Gasteiger partial charge is 0.465 e. The molecule has 0 amide bonds. The van der Waals surface area contributed by atoms with Crippen molar-refractivity contribution in [3.05, 3.63) is 43.4 Å². The Hall–Kier alpha value is -0.521. The molecular formula is C64H120O6S3Sn. The molecule has 0 aromatic rings. The summed E-state index contributed by atoms with van der Waals surface area (Å²) in [5.41, 5.74) is 0. The van der Waals surface area contributed by atoms with E-state index >= 15 is 0 Å². The van der Waals surface area contributed by atoms with E-state index in [4.69, 9.17) is 52.1 Å². The van der Waals surface area contributed by atoms with Crippen molar-refractivity contribution in [1.82, 2.24) is 0 Å². The number of carbonyl (C=O) groups excluding carboxylic acids is 3. The summed E-state index contributed by atoms with van der Waals surface area (Å²) in [6.45, 7) is 13.7. The van der Waals surface area contributed by atoms with Crippen molar-refractivity contribution in [3.63, 3.8) is 0 Å². The van der Waals surface area contributed by atoms with E-state index in [2.05, 4.69) is 71.1 Å². The van der Waals surface area contributed by atoms with Gasteiger partial charge in [-0.1, -0.05) is 276 Å². The van der Waals surface area contributed by atoms with Crippen molar-refractivity contribution in [2.24, 2.45) is 0 Å². The number of allylic oxidation sites excluding steroid dienone is 6. The normalized spacial score (nSPS) is 10.9. The summed E-state index contributed by atoms with van der Waals surface area (Å²) in [6.07, 6.45) is 67.7. The maximum atomic E-state index is 11.3. The zero-order valence-electron chi connectivity index (χ0n) is 49.2. The Morgan fingerprint density at radius 1 is 0.311 bits per heavy atom. The fourth-order valence-corrected chi connectivity index (χ4v) is 7.95. The molecule has 6 nitrogen and oxygen atoms in total. The van der Waals surface area contributed by atoms with Crippen LogP contribution in [0.1, 0.15) is 310 Å². The third-order valence-corrected chi connectivity index (χ3v) is 12.8. The SMILES string of the molecule is CCCCCCCC/C=C/CCCCCCCC(=O)OCC[S].CCCCCCCC/C=C/CCCCCCCC(=O)OCC[S].CCCCCCCC/C=C/CCCCCCCC(=O)OCC[S].[CH2]CCC.[Sn]. The molecule has 10 heteroatoms. The molecule has 0 aromatic heterocycles. The van der Waals surface area contributed by atoms with Crippen LogP contribution in [-0.4, -0.2) is 78.9 Å². The molecule has 0 aliphatic carbocycles. The number of esters is 3. The minimum atomic E-state index is -0.0903. The predicted molar refractivity (Wildman–Crippen MR) is 335 cm³/mol. The summed E-state index contributed by atoms with van der Waals surface area (Å²) in [4.78, 5) is 33.8. The van der Waals surface area contributed by atoms with Crippen LogP contribution in [-0.2, 0) is 28.6 Å². The van der Waals surface area contributed by atoms with Gasteiger partial charge in [-0.3, -0.25) is 14.4 Å². The molecule has 74 heavy (non-hydrogen) atoms. The smallest absolute Gasteiger partial charge is 0.305 e. The number of unbranched alkanes of at least 4 members (excludes halogenated alkanes) is 34. The molecule has 0 bridgehead atoms. The summed E-state index contributed by atoms with van der Waals surface area (Å²) < 4.78 is 14.9. The van der Waals surface area contributed by atoms with Crippen LogP contribution in [0.4, 0.5) is 0 Å². The molecule has 434 valence electrons. The molecule has 0 N–H and O–H groups in total. The van der Waals surface area contributed by atoms with Gasteiger partial charge in [-0.25, -0.2) is 0 Å². The molecule has 0 atom stereocenters. The summed E-state index contributed by atoms with van der Waals surface area (Å²) in [5.74, 6) is 1.22. The van der Waals surface area contributed by atoms with Gasteiger partial charge in [0.2, 0.25) is 0 Å². The van der Waals surface area contributed by atoms with Crippen molar-refractivity contribution in [2.45, 2.75) is 310 Å². The van der Waals surface area contributed by atoms with Crippen LogP contribution in [0.25, 0.3) is 0 Å². The molecule has 0 aliphatic rings. The van der Waals surface area contributed by atoms with Gasteiger partial charge in [-0.15, -0.1) is 0 Å². The Balaban J connectivity index is -0.000000308. The molecule has 8 radical (unpaired) electrons. The van der Waals surface area contributed by atoms with Crippen molar-refractivity contribution in [2.75, 3.05) is 37.1 Å². The van der Waals surface area contributed by atoms with Crippen molar-refractivity contribution < 1.29 is 28.6 Å². The number of hydrogen-bond donors (Lipinski definition) is 0. The maximum Gasteiger partial charge on any atom is 0.305 e. The number of ether oxygens (including phenoxy) is 3. The van der Waals surface area contributed by atoms with Gasteiger partial charge >= 0.3 is 17.9 Å². The van der Waals surface area contributed by atoms with Gasteiger partial charge in [0, 0.05) is 60.4 Å². The Kier molecular flexibility index (Phi) is 90.5. The average molecular weight is 1200 g/mol. The Labute approximate surface area is 495 Å². The summed E-state index contributed by atoms with van der Waals surface area (Å²) in [6, 6.07) is 0. The van der Waals surface area contributed by atoms with Crippen molar-refractivity contribution in [3.8, 4) is 0 Å². The molecule has 0 aromatic carbocycles. The number of hydrogen-bond acceptors (Lipinski definition) is 6. The van der Waals surface area contributed by atoms with E-state index in [1.54, 1.807) is 0 Å². The molecule has 0 saturated heterocycles. The number of carbonyl (C=O) groups is 3. The van der Waals surface area contributed by atoms with E-state index in [1.165, 1.54) is 218 Å². The second-order valence-corrected chi connectivity index (χ2v) is 20.9. The Morgan fingerprint density at radius 3 is 0.662 bits per heavy atom. The topological polar surface area (TPSA) is 78.9 Å². The van der Waals surface area contributed by atoms with E-state index < -0.39 is 0 Å². The first-order valence-electron chi connectivity index (χ1n) is 30.8. The summed E-state index contributed by atoms with van der Waals surface area (Å²) >= 11 is 14.2. The van der Waals surface area contributed by atoms with Crippen molar-refractivity contribution in [1.29, 1.82) is 0 Å². The zero-order chi connectivity index (χ0) is 54.5. The van der Waals surface area contributed by atoms with Gasteiger partial charge in [0.1, 0.15) is 19.8 Å². The average Bonchev–Trinajstić information content (AvgIpc) is 3.40. The quantitative estimate of drug-likeness (QED) is 0.0199. The molecule has 0 unspecified atom stereocenters. The van der Waals surface area contributed by atoms with Crippen LogP contribution < -0.4 is 0 Å². The van der Waals surface area contributed by atoms with Crippen LogP contribution >= 0.6 is 37.9 Å². The molecule has 0 rings (SSSR count). The Bertz CT molecular complexity index is 1000. The fraction of sp³-hybridized carbons (Fsp3) is 0.844. The first-order chi connectivity index (χ1) is 35.8. The van der Waals surface area contributed by atoms with Crippen LogP contribution in [0.15, 0.2) is 36.5 Å². The standard InChI is InChI=1S/3C20H37O2S.C4H9.Sn/c3*1-2-3-4-5-6-7-8-9-10-11-12-13-14-15-16-17-20(21)22-18-19-23;1-3-4-2;/h3*9-10H,2-8,11-19H2,1H3;1,3-4H2,2H3;/b3*10-9+;;. The van der Waals surface area contributed by atoms with Crippen LogP contribution in [0.3, 0.4) is 0 Å². The molecule has 0 saturated carbocycles. The summed E-state index contributed by atoms with van der Waals surface area (Å²) in [5, 5.41) is 0. The molecule has 0 aliphatic heterocycles. The van der Waals surface area contributed by atoms with E-state index in [0.717, 1.165) is 44.9 Å². The molecule has 0 spiro atoms. The van der Waals surface area contributed by atoms with Crippen molar-refractivity contribution >= 4 is 79.7 Å². The van der Waals surface area contributed by atoms with Crippen LogP contribution in [0.5, 0.6) is 0 Å².